The Morgan fingerprint density at radius 1 is 1.00 bits per heavy atom. The highest BCUT2D eigenvalue weighted by Crippen LogP contribution is 2.40. The Kier molecular flexibility index (Phi) is 6.35. The van der Waals surface area contributed by atoms with Gasteiger partial charge in [0.15, 0.2) is 5.75 Å². The Morgan fingerprint density at radius 3 is 2.39 bits per heavy atom. The van der Waals surface area contributed by atoms with Crippen LogP contribution in [0.2, 0.25) is 0 Å². The predicted molar refractivity (Wildman–Crippen MR) is 132 cm³/mol. The van der Waals surface area contributed by atoms with Gasteiger partial charge in [-0.2, -0.15) is 0 Å². The van der Waals surface area contributed by atoms with Crippen molar-refractivity contribution in [3.05, 3.63) is 88.6 Å². The van der Waals surface area contributed by atoms with Gasteiger partial charge in [-0.15, -0.1) is 0 Å². The number of benzene rings is 3. The summed E-state index contributed by atoms with van der Waals surface area (Å²) in [6, 6.07) is 18.0. The maximum atomic E-state index is 12.3. The van der Waals surface area contributed by atoms with Crippen LogP contribution in [-0.4, -0.2) is 40.3 Å². The Balaban J connectivity index is 1.56. The normalized spacial score (nSPS) is 14.9. The highest BCUT2D eigenvalue weighted by atomic mass is 16.5. The molecule has 184 valence electrons. The molecule has 4 aromatic rings. The first-order chi connectivity index (χ1) is 17.4. The van der Waals surface area contributed by atoms with Crippen LogP contribution >= 0.6 is 0 Å². The lowest BCUT2D eigenvalue weighted by Gasteiger charge is -2.23. The lowest BCUT2D eigenvalue weighted by molar-refractivity contribution is 0.0319. The first kappa shape index (κ1) is 23.4. The van der Waals surface area contributed by atoms with Gasteiger partial charge in [-0.1, -0.05) is 30.3 Å². The third-order valence-corrected chi connectivity index (χ3v) is 6.44. The largest absolute Gasteiger partial charge is 0.497 e. The third-order valence-electron chi connectivity index (χ3n) is 6.44. The monoisotopic (exact) mass is 487 g/mol. The van der Waals surface area contributed by atoms with E-state index in [0.29, 0.717) is 41.9 Å². The van der Waals surface area contributed by atoms with E-state index in [4.69, 9.17) is 14.2 Å². The van der Waals surface area contributed by atoms with Crippen molar-refractivity contribution in [1.29, 1.82) is 0 Å². The SMILES string of the molecule is COc1ccc(Oc2cc(C(=O)O)c(C(=O)O)c3c4c([nH]c23)CCC(OCc2ccccc2)C4)cc1. The fourth-order valence-electron chi connectivity index (χ4n) is 4.71. The fraction of sp³-hybridized carbons (Fsp3) is 0.214. The number of hydrogen-bond donors (Lipinski definition) is 3. The quantitative estimate of drug-likeness (QED) is 0.303. The van der Waals surface area contributed by atoms with Crippen molar-refractivity contribution < 1.29 is 34.0 Å². The molecule has 0 saturated carbocycles. The molecule has 3 aromatic carbocycles. The molecule has 0 spiro atoms. The molecule has 1 aliphatic carbocycles. The molecule has 0 saturated heterocycles. The summed E-state index contributed by atoms with van der Waals surface area (Å²) in [7, 11) is 1.56. The van der Waals surface area contributed by atoms with Crippen LogP contribution in [0.1, 0.15) is 44.0 Å². The summed E-state index contributed by atoms with van der Waals surface area (Å²) in [5, 5.41) is 20.2. The number of fused-ring (bicyclic) bond motifs is 3. The number of carbonyl (C=O) groups is 2. The van der Waals surface area contributed by atoms with Gasteiger partial charge in [0.05, 0.1) is 36.5 Å². The minimum absolute atomic E-state index is 0.127. The molecule has 0 aliphatic heterocycles. The van der Waals surface area contributed by atoms with Gasteiger partial charge in [0.2, 0.25) is 0 Å². The second kappa shape index (κ2) is 9.75. The number of carboxylic acids is 2. The van der Waals surface area contributed by atoms with E-state index >= 15 is 0 Å². The van der Waals surface area contributed by atoms with E-state index in [-0.39, 0.29) is 23.0 Å². The molecule has 8 nitrogen and oxygen atoms in total. The number of H-pyrrole nitrogens is 1. The van der Waals surface area contributed by atoms with Crippen LogP contribution in [-0.2, 0) is 24.2 Å². The van der Waals surface area contributed by atoms with E-state index in [9.17, 15) is 19.8 Å². The van der Waals surface area contributed by atoms with Crippen molar-refractivity contribution in [2.45, 2.75) is 32.0 Å². The number of aromatic carboxylic acids is 2. The van der Waals surface area contributed by atoms with Gasteiger partial charge in [0.1, 0.15) is 11.5 Å². The van der Waals surface area contributed by atoms with Gasteiger partial charge >= 0.3 is 11.9 Å². The molecular formula is C28H25NO7. The Bertz CT molecular complexity index is 1420. The Morgan fingerprint density at radius 2 is 1.72 bits per heavy atom. The standard InChI is InChI=1S/C28H25NO7/c1-34-17-7-9-18(10-8-17)36-23-14-21(27(30)31)25(28(32)33)24-20-13-19(11-12-22(20)29-26(23)24)35-15-16-5-3-2-4-6-16/h2-10,14,19,29H,11-13,15H2,1H3,(H,30,31)(H,32,33). The van der Waals surface area contributed by atoms with Gasteiger partial charge in [-0.05, 0) is 54.3 Å². The fourth-order valence-corrected chi connectivity index (χ4v) is 4.71. The van der Waals surface area contributed by atoms with Crippen LogP contribution in [0.3, 0.4) is 0 Å². The predicted octanol–water partition coefficient (Wildman–Crippen LogP) is 5.44. The number of nitrogens with one attached hydrogen (secondary N) is 1. The smallest absolute Gasteiger partial charge is 0.337 e. The lowest BCUT2D eigenvalue weighted by Crippen LogP contribution is -2.22. The summed E-state index contributed by atoms with van der Waals surface area (Å²) in [4.78, 5) is 27.7. The molecule has 0 amide bonds. The maximum absolute atomic E-state index is 12.3. The number of rotatable bonds is 8. The van der Waals surface area contributed by atoms with Crippen molar-refractivity contribution in [2.75, 3.05) is 7.11 Å². The van der Waals surface area contributed by atoms with E-state index in [1.54, 1.807) is 31.4 Å². The summed E-state index contributed by atoms with van der Waals surface area (Å²) < 4.78 is 17.4. The van der Waals surface area contributed by atoms with E-state index in [1.165, 1.54) is 6.07 Å². The van der Waals surface area contributed by atoms with Crippen LogP contribution in [0.25, 0.3) is 10.9 Å². The molecule has 0 radical (unpaired) electrons. The summed E-state index contributed by atoms with van der Waals surface area (Å²) in [5.74, 6) is -1.28. The summed E-state index contributed by atoms with van der Waals surface area (Å²) in [6.45, 7) is 0.446. The number of aryl methyl sites for hydroxylation is 1. The molecular weight excluding hydrogens is 462 g/mol. The van der Waals surface area contributed by atoms with Crippen LogP contribution in [0.15, 0.2) is 60.7 Å². The molecule has 3 N–H and O–H groups in total. The number of carboxylic acid groups (broad SMARTS) is 2. The van der Waals surface area contributed by atoms with Crippen molar-refractivity contribution in [1.82, 2.24) is 4.98 Å². The number of aromatic nitrogens is 1. The van der Waals surface area contributed by atoms with Crippen molar-refractivity contribution in [3.63, 3.8) is 0 Å². The Hall–Kier alpha value is -4.30. The zero-order chi connectivity index (χ0) is 25.2. The molecule has 5 rings (SSSR count). The van der Waals surface area contributed by atoms with E-state index < -0.39 is 11.9 Å². The second-order valence-electron chi connectivity index (χ2n) is 8.68. The van der Waals surface area contributed by atoms with Crippen molar-refractivity contribution in [3.8, 4) is 17.2 Å². The molecule has 1 atom stereocenters. The molecule has 36 heavy (non-hydrogen) atoms. The first-order valence-corrected chi connectivity index (χ1v) is 11.6. The molecule has 0 bridgehead atoms. The third kappa shape index (κ3) is 4.50. The average molecular weight is 488 g/mol. The number of hydrogen-bond acceptors (Lipinski definition) is 5. The Labute approximate surface area is 207 Å². The minimum Gasteiger partial charge on any atom is -0.497 e. The molecule has 8 heteroatoms. The van der Waals surface area contributed by atoms with Crippen LogP contribution in [0, 0.1) is 0 Å². The van der Waals surface area contributed by atoms with Gasteiger partial charge < -0.3 is 29.4 Å². The number of aromatic amines is 1. The van der Waals surface area contributed by atoms with Crippen LogP contribution in [0.5, 0.6) is 17.2 Å². The molecule has 1 heterocycles. The molecule has 1 aromatic heterocycles. The zero-order valence-electron chi connectivity index (χ0n) is 19.6. The zero-order valence-corrected chi connectivity index (χ0v) is 19.6. The van der Waals surface area contributed by atoms with Gasteiger partial charge in [-0.3, -0.25) is 0 Å². The topological polar surface area (TPSA) is 118 Å². The van der Waals surface area contributed by atoms with E-state index in [2.05, 4.69) is 4.98 Å². The highest BCUT2D eigenvalue weighted by Gasteiger charge is 2.31. The van der Waals surface area contributed by atoms with E-state index in [1.807, 2.05) is 30.3 Å². The number of ether oxygens (including phenoxy) is 3. The van der Waals surface area contributed by atoms with Crippen LogP contribution in [0.4, 0.5) is 0 Å². The summed E-state index contributed by atoms with van der Waals surface area (Å²) in [5.41, 5.74) is 2.57. The molecule has 1 aliphatic rings. The van der Waals surface area contributed by atoms with Crippen molar-refractivity contribution >= 4 is 22.8 Å². The maximum Gasteiger partial charge on any atom is 0.337 e. The van der Waals surface area contributed by atoms with E-state index in [0.717, 1.165) is 23.2 Å². The van der Waals surface area contributed by atoms with Gasteiger partial charge in [0.25, 0.3) is 0 Å². The summed E-state index contributed by atoms with van der Waals surface area (Å²) >= 11 is 0. The second-order valence-corrected chi connectivity index (χ2v) is 8.68. The van der Waals surface area contributed by atoms with Gasteiger partial charge in [-0.25, -0.2) is 9.59 Å². The van der Waals surface area contributed by atoms with Crippen molar-refractivity contribution in [2.24, 2.45) is 0 Å². The number of methoxy groups -OCH3 is 1. The molecule has 1 unspecified atom stereocenters. The minimum atomic E-state index is -1.34. The molecule has 0 fully saturated rings. The highest BCUT2D eigenvalue weighted by molar-refractivity contribution is 6.14. The lowest BCUT2D eigenvalue weighted by atomic mass is 9.90. The van der Waals surface area contributed by atoms with Gasteiger partial charge in [0, 0.05) is 17.5 Å². The summed E-state index contributed by atoms with van der Waals surface area (Å²) in [6.07, 6.45) is 1.74. The first-order valence-electron chi connectivity index (χ1n) is 11.6. The van der Waals surface area contributed by atoms with Crippen LogP contribution < -0.4 is 9.47 Å². The average Bonchev–Trinajstić information content (AvgIpc) is 3.27.